The van der Waals surface area contributed by atoms with Crippen LogP contribution in [0.15, 0.2) is 72.9 Å². The Bertz CT molecular complexity index is 940. The lowest BCUT2D eigenvalue weighted by atomic mass is 10.1. The van der Waals surface area contributed by atoms with Crippen molar-refractivity contribution in [2.24, 2.45) is 0 Å². The van der Waals surface area contributed by atoms with Gasteiger partial charge in [-0.15, -0.1) is 12.4 Å². The summed E-state index contributed by atoms with van der Waals surface area (Å²) in [5.41, 5.74) is 3.06. The Morgan fingerprint density at radius 1 is 1.07 bits per heavy atom. The Morgan fingerprint density at radius 3 is 2.63 bits per heavy atom. The second-order valence-electron chi connectivity index (χ2n) is 6.77. The molecule has 1 unspecified atom stereocenters. The van der Waals surface area contributed by atoms with Gasteiger partial charge in [0.15, 0.2) is 0 Å². The van der Waals surface area contributed by atoms with Crippen LogP contribution in [-0.4, -0.2) is 29.1 Å². The van der Waals surface area contributed by atoms with Gasteiger partial charge < -0.3 is 15.7 Å². The molecule has 0 aliphatic carbocycles. The summed E-state index contributed by atoms with van der Waals surface area (Å²) in [6, 6.07) is 19.1. The molecule has 0 bridgehead atoms. The monoisotopic (exact) mass is 429 g/mol. The van der Waals surface area contributed by atoms with Crippen LogP contribution >= 0.6 is 12.4 Å². The van der Waals surface area contributed by atoms with E-state index >= 15 is 0 Å². The first kappa shape index (κ1) is 23.5. The van der Waals surface area contributed by atoms with Crippen LogP contribution in [0.3, 0.4) is 0 Å². The van der Waals surface area contributed by atoms with Gasteiger partial charge in [-0.05, 0) is 60.5 Å². The molecule has 2 aromatic carbocycles. The molecule has 7 heteroatoms. The highest BCUT2D eigenvalue weighted by Crippen LogP contribution is 2.13. The number of nitrogens with one attached hydrogen (secondary N) is 2. The van der Waals surface area contributed by atoms with Crippen molar-refractivity contribution in [2.75, 3.05) is 18.4 Å². The zero-order valence-corrected chi connectivity index (χ0v) is 17.2. The first-order valence-electron chi connectivity index (χ1n) is 9.53. The minimum Gasteiger partial charge on any atom is -0.387 e. The molecule has 3 N–H and O–H groups in total. The lowest BCUT2D eigenvalue weighted by molar-refractivity contribution is -0.115. The molecule has 0 fully saturated rings. The van der Waals surface area contributed by atoms with E-state index in [1.54, 1.807) is 18.3 Å². The van der Waals surface area contributed by atoms with Gasteiger partial charge in [0.05, 0.1) is 12.5 Å². The van der Waals surface area contributed by atoms with Crippen molar-refractivity contribution in [3.8, 4) is 0 Å². The number of benzene rings is 2. The summed E-state index contributed by atoms with van der Waals surface area (Å²) in [6.07, 6.45) is 1.86. The van der Waals surface area contributed by atoms with Gasteiger partial charge >= 0.3 is 0 Å². The fourth-order valence-electron chi connectivity index (χ4n) is 2.97. The molecule has 0 aliphatic rings. The maximum atomic E-state index is 13.2. The number of rotatable bonds is 9. The Balaban J connectivity index is 0.00000320. The Morgan fingerprint density at radius 2 is 1.87 bits per heavy atom. The Kier molecular flexibility index (Phi) is 9.41. The molecule has 1 atom stereocenters. The molecule has 0 aliphatic heterocycles. The van der Waals surface area contributed by atoms with Crippen LogP contribution in [0, 0.1) is 5.82 Å². The van der Waals surface area contributed by atoms with Crippen molar-refractivity contribution in [2.45, 2.75) is 18.9 Å². The Hall–Kier alpha value is -2.80. The molecule has 1 heterocycles. The predicted octanol–water partition coefficient (Wildman–Crippen LogP) is 3.69. The number of amides is 1. The van der Waals surface area contributed by atoms with Gasteiger partial charge in [-0.1, -0.05) is 30.3 Å². The van der Waals surface area contributed by atoms with E-state index in [1.165, 1.54) is 12.1 Å². The van der Waals surface area contributed by atoms with E-state index in [-0.39, 0.29) is 30.6 Å². The third-order valence-electron chi connectivity index (χ3n) is 4.44. The normalized spacial score (nSPS) is 11.4. The summed E-state index contributed by atoms with van der Waals surface area (Å²) in [7, 11) is 0. The van der Waals surface area contributed by atoms with Crippen LogP contribution in [-0.2, 0) is 17.6 Å². The maximum Gasteiger partial charge on any atom is 0.230 e. The summed E-state index contributed by atoms with van der Waals surface area (Å²) in [5.74, 6) is -0.473. The highest BCUT2D eigenvalue weighted by Gasteiger charge is 2.08. The number of aliphatic hydroxyl groups excluding tert-OH is 1. The molecule has 0 saturated heterocycles. The molecular formula is C23H25ClFN3O2. The third kappa shape index (κ3) is 7.55. The van der Waals surface area contributed by atoms with Crippen LogP contribution in [0.2, 0.25) is 0 Å². The molecule has 0 radical (unpaired) electrons. The van der Waals surface area contributed by atoms with Gasteiger partial charge in [0.25, 0.3) is 0 Å². The second kappa shape index (κ2) is 12.0. The summed E-state index contributed by atoms with van der Waals surface area (Å²) < 4.78 is 13.2. The van der Waals surface area contributed by atoms with Gasteiger partial charge in [0.2, 0.25) is 5.91 Å². The minimum absolute atomic E-state index is 0. The first-order chi connectivity index (χ1) is 14.1. The van der Waals surface area contributed by atoms with E-state index in [4.69, 9.17) is 0 Å². The molecule has 0 spiro atoms. The molecule has 1 aromatic heterocycles. The van der Waals surface area contributed by atoms with E-state index < -0.39 is 6.10 Å². The van der Waals surface area contributed by atoms with E-state index in [0.29, 0.717) is 24.3 Å². The van der Waals surface area contributed by atoms with E-state index in [2.05, 4.69) is 15.6 Å². The number of anilines is 1. The van der Waals surface area contributed by atoms with Crippen molar-refractivity contribution in [3.63, 3.8) is 0 Å². The van der Waals surface area contributed by atoms with Crippen LogP contribution in [0.1, 0.15) is 22.9 Å². The van der Waals surface area contributed by atoms with Gasteiger partial charge in [-0.25, -0.2) is 4.39 Å². The van der Waals surface area contributed by atoms with Crippen LogP contribution in [0.25, 0.3) is 0 Å². The molecule has 158 valence electrons. The van der Waals surface area contributed by atoms with E-state index in [1.807, 2.05) is 42.5 Å². The number of halogens is 2. The number of para-hydroxylation sites is 1. The summed E-state index contributed by atoms with van der Waals surface area (Å²) in [5, 5.41) is 16.1. The molecule has 3 aromatic rings. The fourth-order valence-corrected chi connectivity index (χ4v) is 2.97. The molecule has 0 saturated carbocycles. The van der Waals surface area contributed by atoms with Gasteiger partial charge in [0, 0.05) is 24.1 Å². The zero-order valence-electron chi connectivity index (χ0n) is 16.4. The highest BCUT2D eigenvalue weighted by atomic mass is 35.5. The van der Waals surface area contributed by atoms with Crippen LogP contribution in [0.4, 0.5) is 10.1 Å². The SMILES string of the molecule is Cl.O=C(Cc1cc(CCNCC(O)c2cccc(F)c2)ccn1)Nc1ccccc1. The number of aromatic nitrogens is 1. The van der Waals surface area contributed by atoms with E-state index in [0.717, 1.165) is 17.7 Å². The number of pyridine rings is 1. The smallest absolute Gasteiger partial charge is 0.230 e. The molecule has 30 heavy (non-hydrogen) atoms. The van der Waals surface area contributed by atoms with Crippen molar-refractivity contribution >= 4 is 24.0 Å². The Labute approximate surface area is 181 Å². The number of carbonyl (C=O) groups is 1. The maximum absolute atomic E-state index is 13.2. The zero-order chi connectivity index (χ0) is 20.5. The number of aliphatic hydroxyl groups is 1. The average Bonchev–Trinajstić information content (AvgIpc) is 2.72. The van der Waals surface area contributed by atoms with E-state index in [9.17, 15) is 14.3 Å². The second-order valence-corrected chi connectivity index (χ2v) is 6.77. The summed E-state index contributed by atoms with van der Waals surface area (Å²) in [4.78, 5) is 16.4. The van der Waals surface area contributed by atoms with Gasteiger partial charge in [0.1, 0.15) is 5.82 Å². The molecular weight excluding hydrogens is 405 g/mol. The summed E-state index contributed by atoms with van der Waals surface area (Å²) >= 11 is 0. The molecule has 5 nitrogen and oxygen atoms in total. The lowest BCUT2D eigenvalue weighted by Gasteiger charge is -2.12. The van der Waals surface area contributed by atoms with Crippen molar-refractivity contribution in [1.82, 2.24) is 10.3 Å². The summed E-state index contributed by atoms with van der Waals surface area (Å²) in [6.45, 7) is 0.979. The number of hydrogen-bond acceptors (Lipinski definition) is 4. The van der Waals surface area contributed by atoms with Crippen LogP contribution < -0.4 is 10.6 Å². The third-order valence-corrected chi connectivity index (χ3v) is 4.44. The number of hydrogen-bond donors (Lipinski definition) is 3. The van der Waals surface area contributed by atoms with Gasteiger partial charge in [-0.3, -0.25) is 9.78 Å². The fraction of sp³-hybridized carbons (Fsp3) is 0.217. The number of carbonyl (C=O) groups excluding carboxylic acids is 1. The minimum atomic E-state index is -0.764. The highest BCUT2D eigenvalue weighted by molar-refractivity contribution is 5.91. The standard InChI is InChI=1S/C23H24FN3O2.ClH/c24-19-6-4-5-18(14-19)22(28)16-25-11-9-17-10-12-26-21(13-17)15-23(29)27-20-7-2-1-3-8-20;/h1-8,10,12-14,22,25,28H,9,11,15-16H2,(H,27,29);1H. The van der Waals surface area contributed by atoms with Crippen LogP contribution in [0.5, 0.6) is 0 Å². The number of nitrogens with zero attached hydrogens (tertiary/aromatic N) is 1. The molecule has 1 amide bonds. The topological polar surface area (TPSA) is 74.2 Å². The molecule has 3 rings (SSSR count). The quantitative estimate of drug-likeness (QED) is 0.453. The lowest BCUT2D eigenvalue weighted by Crippen LogP contribution is -2.24. The first-order valence-corrected chi connectivity index (χ1v) is 9.53. The largest absolute Gasteiger partial charge is 0.387 e. The van der Waals surface area contributed by atoms with Crippen molar-refractivity contribution in [1.29, 1.82) is 0 Å². The predicted molar refractivity (Wildman–Crippen MR) is 118 cm³/mol. The van der Waals surface area contributed by atoms with Crippen molar-refractivity contribution in [3.05, 3.63) is 95.6 Å². The van der Waals surface area contributed by atoms with Crippen molar-refractivity contribution < 1.29 is 14.3 Å². The average molecular weight is 430 g/mol. The van der Waals surface area contributed by atoms with Gasteiger partial charge in [-0.2, -0.15) is 0 Å².